The van der Waals surface area contributed by atoms with Crippen LogP contribution in [0.5, 0.6) is 0 Å². The van der Waals surface area contributed by atoms with E-state index in [1.54, 1.807) is 0 Å². The Kier molecular flexibility index (Phi) is 4.86. The smallest absolute Gasteiger partial charge is 0.231 e. The van der Waals surface area contributed by atoms with Gasteiger partial charge in [-0.15, -0.1) is 0 Å². The number of Topliss-reactive ketones (excluding diaryl/α,β-unsaturated/α-hetero) is 1. The predicted molar refractivity (Wildman–Crippen MR) is 106 cm³/mol. The van der Waals surface area contributed by atoms with Crippen molar-refractivity contribution in [2.24, 2.45) is 5.41 Å². The lowest BCUT2D eigenvalue weighted by Crippen LogP contribution is -2.53. The third-order valence-electron chi connectivity index (χ3n) is 6.25. The van der Waals surface area contributed by atoms with Gasteiger partial charge in [-0.05, 0) is 31.5 Å². The number of nitrogens with zero attached hydrogens (tertiary/aromatic N) is 2. The van der Waals surface area contributed by atoms with Crippen molar-refractivity contribution in [3.05, 3.63) is 35.4 Å². The third-order valence-corrected chi connectivity index (χ3v) is 7.34. The number of likely N-dealkylation sites (tertiary alicyclic amines) is 1. The lowest BCUT2D eigenvalue weighted by atomic mass is 9.78. The molecular weight excluding hydrogens is 344 g/mol. The number of hydrogen-bond acceptors (Lipinski definition) is 4. The first-order valence-corrected chi connectivity index (χ1v) is 10.9. The van der Waals surface area contributed by atoms with Gasteiger partial charge in [0.2, 0.25) is 5.91 Å². The van der Waals surface area contributed by atoms with Gasteiger partial charge in [0.1, 0.15) is 0 Å². The molecule has 1 aliphatic carbocycles. The van der Waals surface area contributed by atoms with Gasteiger partial charge in [-0.2, -0.15) is 11.8 Å². The number of fused-ring (bicyclic) bond motifs is 1. The quantitative estimate of drug-likeness (QED) is 0.818. The summed E-state index contributed by atoms with van der Waals surface area (Å²) in [6.45, 7) is 7.95. The van der Waals surface area contributed by atoms with E-state index in [2.05, 4.69) is 9.80 Å². The number of amides is 1. The van der Waals surface area contributed by atoms with Crippen LogP contribution in [0.15, 0.2) is 24.3 Å². The maximum absolute atomic E-state index is 13.7. The largest absolute Gasteiger partial charge is 0.336 e. The SMILES string of the molecule is CC1(C)C(=O)c2ccccc2C1C(=O)N1CCSCC1CN1CCCC1. The Bertz CT molecular complexity index is 712. The molecule has 2 heterocycles. The number of carbonyl (C=O) groups excluding carboxylic acids is 2. The summed E-state index contributed by atoms with van der Waals surface area (Å²) in [5.41, 5.74) is 0.993. The van der Waals surface area contributed by atoms with Crippen molar-refractivity contribution in [2.45, 2.75) is 38.6 Å². The molecule has 2 aliphatic heterocycles. The molecule has 2 fully saturated rings. The fourth-order valence-corrected chi connectivity index (χ4v) is 5.84. The zero-order valence-electron chi connectivity index (χ0n) is 15.7. The summed E-state index contributed by atoms with van der Waals surface area (Å²) < 4.78 is 0. The minimum absolute atomic E-state index is 0.105. The fourth-order valence-electron chi connectivity index (χ4n) is 4.79. The van der Waals surface area contributed by atoms with E-state index in [9.17, 15) is 9.59 Å². The van der Waals surface area contributed by atoms with Gasteiger partial charge in [-0.25, -0.2) is 0 Å². The average molecular weight is 373 g/mol. The van der Waals surface area contributed by atoms with Crippen molar-refractivity contribution in [1.29, 1.82) is 0 Å². The summed E-state index contributed by atoms with van der Waals surface area (Å²) in [5.74, 6) is 1.90. The highest BCUT2D eigenvalue weighted by Crippen LogP contribution is 2.48. The Morgan fingerprint density at radius 3 is 2.69 bits per heavy atom. The Morgan fingerprint density at radius 1 is 1.19 bits per heavy atom. The van der Waals surface area contributed by atoms with Gasteiger partial charge in [0.15, 0.2) is 5.78 Å². The van der Waals surface area contributed by atoms with Crippen molar-refractivity contribution in [1.82, 2.24) is 9.80 Å². The molecule has 4 nitrogen and oxygen atoms in total. The molecule has 1 aromatic rings. The molecule has 3 aliphatic rings. The van der Waals surface area contributed by atoms with E-state index in [0.717, 1.165) is 48.8 Å². The monoisotopic (exact) mass is 372 g/mol. The van der Waals surface area contributed by atoms with Gasteiger partial charge in [-0.3, -0.25) is 9.59 Å². The molecule has 5 heteroatoms. The summed E-state index contributed by atoms with van der Waals surface area (Å²) in [7, 11) is 0. The van der Waals surface area contributed by atoms with Gasteiger partial charge in [0, 0.05) is 35.6 Å². The highest BCUT2D eigenvalue weighted by Gasteiger charge is 2.51. The van der Waals surface area contributed by atoms with Crippen molar-refractivity contribution >= 4 is 23.5 Å². The van der Waals surface area contributed by atoms with Crippen LogP contribution in [0.3, 0.4) is 0 Å². The molecular formula is C21H28N2O2S. The maximum Gasteiger partial charge on any atom is 0.231 e. The van der Waals surface area contributed by atoms with Gasteiger partial charge < -0.3 is 9.80 Å². The van der Waals surface area contributed by atoms with Crippen LogP contribution in [0.25, 0.3) is 0 Å². The highest BCUT2D eigenvalue weighted by atomic mass is 32.2. The first kappa shape index (κ1) is 18.1. The Labute approximate surface area is 160 Å². The molecule has 0 saturated carbocycles. The number of hydrogen-bond donors (Lipinski definition) is 0. The second-order valence-corrected chi connectivity index (χ2v) is 9.49. The molecule has 0 aromatic heterocycles. The number of rotatable bonds is 3. The first-order valence-electron chi connectivity index (χ1n) is 9.74. The number of thioether (sulfide) groups is 1. The predicted octanol–water partition coefficient (Wildman–Crippen LogP) is 3.03. The van der Waals surface area contributed by atoms with E-state index in [1.807, 2.05) is 49.9 Å². The average Bonchev–Trinajstić information content (AvgIpc) is 3.21. The van der Waals surface area contributed by atoms with E-state index >= 15 is 0 Å². The molecule has 0 bridgehead atoms. The number of carbonyl (C=O) groups is 2. The summed E-state index contributed by atoms with van der Waals surface area (Å²) in [6.07, 6.45) is 2.54. The van der Waals surface area contributed by atoms with Crippen LogP contribution in [0.4, 0.5) is 0 Å². The zero-order valence-corrected chi connectivity index (χ0v) is 16.6. The van der Waals surface area contributed by atoms with Gasteiger partial charge in [0.25, 0.3) is 0 Å². The second-order valence-electron chi connectivity index (χ2n) is 8.34. The molecule has 4 rings (SSSR count). The Hall–Kier alpha value is -1.33. The van der Waals surface area contributed by atoms with Crippen LogP contribution in [-0.4, -0.2) is 65.2 Å². The van der Waals surface area contributed by atoms with E-state index in [0.29, 0.717) is 0 Å². The molecule has 26 heavy (non-hydrogen) atoms. The highest BCUT2D eigenvalue weighted by molar-refractivity contribution is 7.99. The Morgan fingerprint density at radius 2 is 1.92 bits per heavy atom. The van der Waals surface area contributed by atoms with E-state index in [1.165, 1.54) is 12.8 Å². The van der Waals surface area contributed by atoms with E-state index < -0.39 is 5.41 Å². The topological polar surface area (TPSA) is 40.6 Å². The molecule has 1 amide bonds. The number of benzene rings is 1. The minimum Gasteiger partial charge on any atom is -0.336 e. The summed E-state index contributed by atoms with van der Waals surface area (Å²) in [6, 6.07) is 7.95. The van der Waals surface area contributed by atoms with Crippen LogP contribution in [0.1, 0.15) is 48.5 Å². The first-order chi connectivity index (χ1) is 12.5. The van der Waals surface area contributed by atoms with Crippen LogP contribution in [-0.2, 0) is 4.79 Å². The van der Waals surface area contributed by atoms with Crippen molar-refractivity contribution in [3.63, 3.8) is 0 Å². The molecule has 2 saturated heterocycles. The lowest BCUT2D eigenvalue weighted by Gasteiger charge is -2.40. The molecule has 140 valence electrons. The van der Waals surface area contributed by atoms with Crippen LogP contribution in [0.2, 0.25) is 0 Å². The van der Waals surface area contributed by atoms with Gasteiger partial charge in [0.05, 0.1) is 12.0 Å². The van der Waals surface area contributed by atoms with Crippen LogP contribution < -0.4 is 0 Å². The lowest BCUT2D eigenvalue weighted by molar-refractivity contribution is -0.136. The summed E-state index contributed by atoms with van der Waals surface area (Å²) in [4.78, 5) is 31.1. The zero-order chi connectivity index (χ0) is 18.3. The molecule has 2 unspecified atom stereocenters. The molecule has 0 spiro atoms. The maximum atomic E-state index is 13.7. The molecule has 2 atom stereocenters. The fraction of sp³-hybridized carbons (Fsp3) is 0.619. The molecule has 0 radical (unpaired) electrons. The summed E-state index contributed by atoms with van der Waals surface area (Å²) in [5, 5.41) is 0. The Balaban J connectivity index is 1.61. The normalized spacial score (nSPS) is 28.4. The third kappa shape index (κ3) is 2.99. The van der Waals surface area contributed by atoms with Gasteiger partial charge in [-0.1, -0.05) is 38.1 Å². The van der Waals surface area contributed by atoms with Crippen LogP contribution in [0, 0.1) is 5.41 Å². The minimum atomic E-state index is -0.663. The van der Waals surface area contributed by atoms with E-state index in [-0.39, 0.29) is 23.7 Å². The van der Waals surface area contributed by atoms with Crippen molar-refractivity contribution in [3.8, 4) is 0 Å². The van der Waals surface area contributed by atoms with Crippen molar-refractivity contribution in [2.75, 3.05) is 37.7 Å². The summed E-state index contributed by atoms with van der Waals surface area (Å²) >= 11 is 1.95. The number of ketones is 1. The van der Waals surface area contributed by atoms with Crippen molar-refractivity contribution < 1.29 is 9.59 Å². The molecule has 0 N–H and O–H groups in total. The van der Waals surface area contributed by atoms with Gasteiger partial charge >= 0.3 is 0 Å². The van der Waals surface area contributed by atoms with E-state index in [4.69, 9.17) is 0 Å². The standard InChI is InChI=1S/C21H28N2O2S/c1-21(2)18(16-7-3-4-8-17(16)19(21)24)20(25)23-11-12-26-14-15(23)13-22-9-5-6-10-22/h3-4,7-8,15,18H,5-6,9-14H2,1-2H3. The second kappa shape index (κ2) is 7.01. The van der Waals surface area contributed by atoms with Crippen LogP contribution >= 0.6 is 11.8 Å². The molecule has 1 aromatic carbocycles.